The molecule has 0 aliphatic heterocycles. The molecule has 9 heteroatoms. The molecule has 0 saturated heterocycles. The molecule has 1 atom stereocenters. The number of aromatic nitrogens is 3. The number of nitro groups is 1. The molecule has 158 valence electrons. The number of methoxy groups -OCH3 is 1. The maximum atomic E-state index is 11.4. The van der Waals surface area contributed by atoms with E-state index in [2.05, 4.69) is 10.2 Å². The summed E-state index contributed by atoms with van der Waals surface area (Å²) in [5.74, 6) is 1.86. The SMILES string of the molecule is CCOc1ccc([C@H](C[N+](=O)[O-])Sc2nnc(C)n2-c2cccc(C)c2)cc1OC. The van der Waals surface area contributed by atoms with Gasteiger partial charge < -0.3 is 9.47 Å². The molecule has 1 aromatic heterocycles. The van der Waals surface area contributed by atoms with Crippen LogP contribution in [-0.4, -0.2) is 39.9 Å². The maximum Gasteiger partial charge on any atom is 0.220 e. The summed E-state index contributed by atoms with van der Waals surface area (Å²) in [4.78, 5) is 11.1. The van der Waals surface area contributed by atoms with Crippen molar-refractivity contribution in [3.8, 4) is 17.2 Å². The Morgan fingerprint density at radius 2 is 1.97 bits per heavy atom. The van der Waals surface area contributed by atoms with Crippen molar-refractivity contribution in [3.63, 3.8) is 0 Å². The van der Waals surface area contributed by atoms with Gasteiger partial charge in [0.25, 0.3) is 0 Å². The lowest BCUT2D eigenvalue weighted by Gasteiger charge is -2.16. The Bertz CT molecular complexity index is 1040. The minimum absolute atomic E-state index is 0.262. The summed E-state index contributed by atoms with van der Waals surface area (Å²) in [5, 5.41) is 20.0. The summed E-state index contributed by atoms with van der Waals surface area (Å²) < 4.78 is 12.9. The molecule has 0 aliphatic carbocycles. The molecule has 0 N–H and O–H groups in total. The van der Waals surface area contributed by atoms with Gasteiger partial charge in [0.1, 0.15) is 11.1 Å². The molecule has 8 nitrogen and oxygen atoms in total. The molecular weight excluding hydrogens is 404 g/mol. The molecule has 0 fully saturated rings. The van der Waals surface area contributed by atoms with E-state index in [0.29, 0.717) is 29.1 Å². The van der Waals surface area contributed by atoms with Crippen molar-refractivity contribution < 1.29 is 14.4 Å². The van der Waals surface area contributed by atoms with Crippen LogP contribution in [0.5, 0.6) is 11.5 Å². The minimum atomic E-state index is -0.475. The predicted octanol–water partition coefficient (Wildman–Crippen LogP) is 4.40. The summed E-state index contributed by atoms with van der Waals surface area (Å²) in [5.41, 5.74) is 2.78. The summed E-state index contributed by atoms with van der Waals surface area (Å²) in [7, 11) is 1.55. The van der Waals surface area contributed by atoms with E-state index in [-0.39, 0.29) is 11.5 Å². The summed E-state index contributed by atoms with van der Waals surface area (Å²) in [6, 6.07) is 13.4. The van der Waals surface area contributed by atoms with E-state index in [1.165, 1.54) is 11.8 Å². The normalized spacial score (nSPS) is 11.9. The zero-order valence-corrected chi connectivity index (χ0v) is 18.2. The van der Waals surface area contributed by atoms with Crippen LogP contribution >= 0.6 is 11.8 Å². The van der Waals surface area contributed by atoms with Crippen LogP contribution in [-0.2, 0) is 0 Å². The third kappa shape index (κ3) is 4.91. The highest BCUT2D eigenvalue weighted by Crippen LogP contribution is 2.39. The van der Waals surface area contributed by atoms with Crippen LogP contribution in [0, 0.1) is 24.0 Å². The van der Waals surface area contributed by atoms with Crippen molar-refractivity contribution in [2.75, 3.05) is 20.3 Å². The van der Waals surface area contributed by atoms with Crippen LogP contribution in [0.4, 0.5) is 0 Å². The Morgan fingerprint density at radius 1 is 1.17 bits per heavy atom. The zero-order valence-electron chi connectivity index (χ0n) is 17.4. The Kier molecular flexibility index (Phi) is 6.94. The second-order valence-corrected chi connectivity index (χ2v) is 7.84. The average molecular weight is 429 g/mol. The monoisotopic (exact) mass is 428 g/mol. The number of benzene rings is 2. The molecule has 0 bridgehead atoms. The average Bonchev–Trinajstić information content (AvgIpc) is 3.07. The first kappa shape index (κ1) is 21.6. The molecule has 3 rings (SSSR count). The first-order valence-corrected chi connectivity index (χ1v) is 10.4. The Morgan fingerprint density at radius 3 is 2.63 bits per heavy atom. The van der Waals surface area contributed by atoms with Crippen LogP contribution in [0.3, 0.4) is 0 Å². The second kappa shape index (κ2) is 9.62. The molecule has 2 aromatic carbocycles. The summed E-state index contributed by atoms with van der Waals surface area (Å²) >= 11 is 1.31. The van der Waals surface area contributed by atoms with Gasteiger partial charge in [0.15, 0.2) is 16.7 Å². The highest BCUT2D eigenvalue weighted by molar-refractivity contribution is 7.99. The first-order valence-electron chi connectivity index (χ1n) is 9.51. The fraction of sp³-hybridized carbons (Fsp3) is 0.333. The lowest BCUT2D eigenvalue weighted by atomic mass is 10.1. The summed E-state index contributed by atoms with van der Waals surface area (Å²) in [6.45, 7) is 6.00. The van der Waals surface area contributed by atoms with E-state index in [0.717, 1.165) is 16.8 Å². The quantitative estimate of drug-likeness (QED) is 0.283. The van der Waals surface area contributed by atoms with Gasteiger partial charge in [-0.1, -0.05) is 30.0 Å². The molecule has 3 aromatic rings. The third-order valence-corrected chi connectivity index (χ3v) is 5.66. The van der Waals surface area contributed by atoms with E-state index in [4.69, 9.17) is 9.47 Å². The van der Waals surface area contributed by atoms with E-state index < -0.39 is 5.25 Å². The number of rotatable bonds is 9. The number of nitrogens with zero attached hydrogens (tertiary/aromatic N) is 4. The lowest BCUT2D eigenvalue weighted by molar-refractivity contribution is -0.479. The largest absolute Gasteiger partial charge is 0.493 e. The van der Waals surface area contributed by atoms with Crippen LogP contribution in [0.15, 0.2) is 47.6 Å². The number of ether oxygens (including phenoxy) is 2. The van der Waals surface area contributed by atoms with Gasteiger partial charge in [0.2, 0.25) is 6.54 Å². The van der Waals surface area contributed by atoms with E-state index >= 15 is 0 Å². The van der Waals surface area contributed by atoms with Gasteiger partial charge in [-0.3, -0.25) is 14.7 Å². The fourth-order valence-electron chi connectivity index (χ4n) is 3.12. The smallest absolute Gasteiger partial charge is 0.220 e. The van der Waals surface area contributed by atoms with Crippen molar-refractivity contribution in [3.05, 3.63) is 69.5 Å². The van der Waals surface area contributed by atoms with Crippen molar-refractivity contribution >= 4 is 11.8 Å². The van der Waals surface area contributed by atoms with Gasteiger partial charge in [-0.25, -0.2) is 0 Å². The standard InChI is InChI=1S/C21H24N4O4S/c1-5-29-18-10-9-16(12-19(18)28-4)20(13-24(26)27)30-21-23-22-15(3)25(21)17-8-6-7-14(2)11-17/h6-12,20H,5,13H2,1-4H3/t20-/m0/s1. The van der Waals surface area contributed by atoms with Gasteiger partial charge in [-0.2, -0.15) is 0 Å². The van der Waals surface area contributed by atoms with Crippen molar-refractivity contribution in [1.82, 2.24) is 14.8 Å². The first-order chi connectivity index (χ1) is 14.4. The Labute approximate surface area is 179 Å². The third-order valence-electron chi connectivity index (χ3n) is 4.48. The van der Waals surface area contributed by atoms with Crippen LogP contribution < -0.4 is 9.47 Å². The molecular formula is C21H24N4O4S. The van der Waals surface area contributed by atoms with Crippen LogP contribution in [0.25, 0.3) is 5.69 Å². The van der Waals surface area contributed by atoms with Crippen LogP contribution in [0.1, 0.15) is 29.1 Å². The molecule has 0 unspecified atom stereocenters. The van der Waals surface area contributed by atoms with Crippen molar-refractivity contribution in [2.45, 2.75) is 31.2 Å². The van der Waals surface area contributed by atoms with Gasteiger partial charge in [-0.05, 0) is 56.2 Å². The fourth-order valence-corrected chi connectivity index (χ4v) is 4.28. The van der Waals surface area contributed by atoms with Gasteiger partial charge in [-0.15, -0.1) is 10.2 Å². The lowest BCUT2D eigenvalue weighted by Crippen LogP contribution is -2.11. The number of thioether (sulfide) groups is 1. The molecule has 0 amide bonds. The molecule has 1 heterocycles. The van der Waals surface area contributed by atoms with E-state index in [9.17, 15) is 10.1 Å². The van der Waals surface area contributed by atoms with Crippen molar-refractivity contribution in [2.24, 2.45) is 0 Å². The second-order valence-electron chi connectivity index (χ2n) is 6.67. The zero-order chi connectivity index (χ0) is 21.7. The highest BCUT2D eigenvalue weighted by Gasteiger charge is 2.25. The van der Waals surface area contributed by atoms with E-state index in [1.807, 2.05) is 55.7 Å². The van der Waals surface area contributed by atoms with Gasteiger partial charge >= 0.3 is 0 Å². The highest BCUT2D eigenvalue weighted by atomic mass is 32.2. The summed E-state index contributed by atoms with van der Waals surface area (Å²) in [6.07, 6.45) is 0. The topological polar surface area (TPSA) is 92.3 Å². The minimum Gasteiger partial charge on any atom is -0.493 e. The molecule has 0 saturated carbocycles. The van der Waals surface area contributed by atoms with Gasteiger partial charge in [0, 0.05) is 10.6 Å². The number of hydrogen-bond donors (Lipinski definition) is 0. The number of hydrogen-bond acceptors (Lipinski definition) is 7. The molecule has 30 heavy (non-hydrogen) atoms. The predicted molar refractivity (Wildman–Crippen MR) is 115 cm³/mol. The Balaban J connectivity index is 1.98. The maximum absolute atomic E-state index is 11.4. The molecule has 0 aliphatic rings. The van der Waals surface area contributed by atoms with Crippen LogP contribution in [0.2, 0.25) is 0 Å². The van der Waals surface area contributed by atoms with Gasteiger partial charge in [0.05, 0.1) is 13.7 Å². The van der Waals surface area contributed by atoms with E-state index in [1.54, 1.807) is 19.2 Å². The molecule has 0 radical (unpaired) electrons. The Hall–Kier alpha value is -3.07. The van der Waals surface area contributed by atoms with Crippen molar-refractivity contribution in [1.29, 1.82) is 0 Å². The molecule has 0 spiro atoms. The number of aryl methyl sites for hydroxylation is 2.